The second-order valence-corrected chi connectivity index (χ2v) is 5.16. The molecule has 1 aliphatic rings. The van der Waals surface area contributed by atoms with Crippen LogP contribution < -0.4 is 5.32 Å². The van der Waals surface area contributed by atoms with Gasteiger partial charge in [-0.1, -0.05) is 12.1 Å². The van der Waals surface area contributed by atoms with Crippen molar-refractivity contribution in [3.05, 3.63) is 54.2 Å². The van der Waals surface area contributed by atoms with Crippen LogP contribution in [0.25, 0.3) is 5.69 Å². The summed E-state index contributed by atoms with van der Waals surface area (Å²) in [6, 6.07) is 10.4. The summed E-state index contributed by atoms with van der Waals surface area (Å²) < 4.78 is 7.22. The Labute approximate surface area is 121 Å². The third-order valence-corrected chi connectivity index (χ3v) is 3.88. The molecule has 6 nitrogen and oxygen atoms in total. The highest BCUT2D eigenvalue weighted by atomic mass is 16.3. The summed E-state index contributed by atoms with van der Waals surface area (Å²) in [6.07, 6.45) is 6.62. The van der Waals surface area contributed by atoms with Crippen LogP contribution in [0.4, 0.5) is 5.69 Å². The van der Waals surface area contributed by atoms with Crippen LogP contribution in [0.5, 0.6) is 0 Å². The quantitative estimate of drug-likeness (QED) is 0.799. The highest BCUT2D eigenvalue weighted by Gasteiger charge is 2.23. The molecule has 1 N–H and O–H groups in total. The van der Waals surface area contributed by atoms with Gasteiger partial charge in [0.1, 0.15) is 12.1 Å². The van der Waals surface area contributed by atoms with E-state index in [4.69, 9.17) is 4.42 Å². The topological polar surface area (TPSA) is 68.8 Å². The van der Waals surface area contributed by atoms with E-state index in [-0.39, 0.29) is 6.04 Å². The predicted octanol–water partition coefficient (Wildman–Crippen LogP) is 2.74. The molecular formula is C15H15N5O. The lowest BCUT2D eigenvalue weighted by atomic mass is 9.93. The number of nitrogens with zero attached hydrogens (tertiary/aromatic N) is 4. The Balaban J connectivity index is 1.68. The molecule has 0 fully saturated rings. The first-order valence-corrected chi connectivity index (χ1v) is 7.07. The fourth-order valence-electron chi connectivity index (χ4n) is 2.89. The molecule has 1 aliphatic carbocycles. The summed E-state index contributed by atoms with van der Waals surface area (Å²) in [5.41, 5.74) is 3.22. The van der Waals surface area contributed by atoms with Crippen LogP contribution in [-0.4, -0.2) is 20.2 Å². The lowest BCUT2D eigenvalue weighted by Gasteiger charge is -2.24. The summed E-state index contributed by atoms with van der Waals surface area (Å²) in [6.45, 7) is 0. The van der Waals surface area contributed by atoms with Crippen LogP contribution in [0, 0.1) is 0 Å². The Morgan fingerprint density at radius 1 is 1.24 bits per heavy atom. The van der Waals surface area contributed by atoms with E-state index < -0.39 is 0 Å². The van der Waals surface area contributed by atoms with Crippen molar-refractivity contribution in [3.63, 3.8) is 0 Å². The smallest absolute Gasteiger partial charge is 0.143 e. The van der Waals surface area contributed by atoms with E-state index in [1.54, 1.807) is 17.3 Å². The molecule has 0 spiro atoms. The van der Waals surface area contributed by atoms with Crippen molar-refractivity contribution in [2.45, 2.75) is 25.3 Å². The number of aryl methyl sites for hydroxylation is 1. The summed E-state index contributed by atoms with van der Waals surface area (Å²) in [7, 11) is 0. The molecule has 0 aliphatic heterocycles. The zero-order valence-corrected chi connectivity index (χ0v) is 11.4. The first-order valence-electron chi connectivity index (χ1n) is 7.07. The Morgan fingerprint density at radius 3 is 3.10 bits per heavy atom. The van der Waals surface area contributed by atoms with Gasteiger partial charge in [-0.3, -0.25) is 0 Å². The van der Waals surface area contributed by atoms with Crippen molar-refractivity contribution in [2.75, 3.05) is 5.32 Å². The van der Waals surface area contributed by atoms with Crippen molar-refractivity contribution in [2.24, 2.45) is 0 Å². The van der Waals surface area contributed by atoms with Gasteiger partial charge in [0.2, 0.25) is 0 Å². The second kappa shape index (κ2) is 5.05. The Morgan fingerprint density at radius 2 is 2.19 bits per heavy atom. The minimum atomic E-state index is 0.269. The molecule has 106 valence electrons. The average molecular weight is 281 g/mol. The van der Waals surface area contributed by atoms with E-state index in [0.717, 1.165) is 36.4 Å². The molecule has 0 radical (unpaired) electrons. The molecule has 2 aromatic heterocycles. The minimum Gasteiger partial charge on any atom is -0.469 e. The van der Waals surface area contributed by atoms with Crippen LogP contribution in [0.2, 0.25) is 0 Å². The molecule has 3 aromatic rings. The molecule has 0 saturated carbocycles. The van der Waals surface area contributed by atoms with Gasteiger partial charge in [0, 0.05) is 12.0 Å². The normalized spacial score (nSPS) is 17.4. The molecule has 0 bridgehead atoms. The van der Waals surface area contributed by atoms with Crippen LogP contribution in [0.3, 0.4) is 0 Å². The SMILES string of the molecule is c1ccc(-n2cnnn2)c(NC2CCCc3occc32)c1. The standard InChI is InChI=1S/C15H15N5O/c1-2-6-14(20-10-16-18-19-20)13(4-1)17-12-5-3-7-15-11(12)8-9-21-15/h1-2,4,6,8-10,12,17H,3,5,7H2. The number of benzene rings is 1. The van der Waals surface area contributed by atoms with Gasteiger partial charge in [-0.25, -0.2) is 0 Å². The highest BCUT2D eigenvalue weighted by molar-refractivity contribution is 5.61. The molecule has 2 heterocycles. The number of tetrazole rings is 1. The number of nitrogens with one attached hydrogen (secondary N) is 1. The molecule has 1 unspecified atom stereocenters. The molecule has 6 heteroatoms. The van der Waals surface area contributed by atoms with Crippen molar-refractivity contribution >= 4 is 5.69 Å². The van der Waals surface area contributed by atoms with Gasteiger partial charge >= 0.3 is 0 Å². The fourth-order valence-corrected chi connectivity index (χ4v) is 2.89. The van der Waals surface area contributed by atoms with Crippen molar-refractivity contribution in [1.29, 1.82) is 0 Å². The number of para-hydroxylation sites is 2. The number of fused-ring (bicyclic) bond motifs is 1. The van der Waals surface area contributed by atoms with E-state index in [2.05, 4.69) is 26.9 Å². The van der Waals surface area contributed by atoms with E-state index in [9.17, 15) is 0 Å². The Kier molecular flexibility index (Phi) is 2.92. The maximum Gasteiger partial charge on any atom is 0.143 e. The van der Waals surface area contributed by atoms with Crippen molar-refractivity contribution in [3.8, 4) is 5.69 Å². The zero-order chi connectivity index (χ0) is 14.1. The second-order valence-electron chi connectivity index (χ2n) is 5.16. The van der Waals surface area contributed by atoms with E-state index in [1.165, 1.54) is 5.56 Å². The maximum atomic E-state index is 5.55. The van der Waals surface area contributed by atoms with Crippen LogP contribution in [0.1, 0.15) is 30.2 Å². The van der Waals surface area contributed by atoms with Crippen LogP contribution in [-0.2, 0) is 6.42 Å². The Hall–Kier alpha value is -2.63. The van der Waals surface area contributed by atoms with E-state index in [0.29, 0.717) is 0 Å². The monoisotopic (exact) mass is 281 g/mol. The van der Waals surface area contributed by atoms with Gasteiger partial charge < -0.3 is 9.73 Å². The molecular weight excluding hydrogens is 266 g/mol. The van der Waals surface area contributed by atoms with Gasteiger partial charge in [0.25, 0.3) is 0 Å². The summed E-state index contributed by atoms with van der Waals surface area (Å²) in [4.78, 5) is 0. The molecule has 21 heavy (non-hydrogen) atoms. The summed E-state index contributed by atoms with van der Waals surface area (Å²) in [5.74, 6) is 1.10. The van der Waals surface area contributed by atoms with Gasteiger partial charge in [-0.2, -0.15) is 4.68 Å². The third kappa shape index (κ3) is 2.18. The van der Waals surface area contributed by atoms with Crippen molar-refractivity contribution in [1.82, 2.24) is 20.2 Å². The molecule has 0 saturated heterocycles. The number of furan rings is 1. The zero-order valence-electron chi connectivity index (χ0n) is 11.4. The van der Waals surface area contributed by atoms with Crippen LogP contribution >= 0.6 is 0 Å². The first-order chi connectivity index (χ1) is 10.4. The number of aromatic nitrogens is 4. The third-order valence-electron chi connectivity index (χ3n) is 3.88. The molecule has 1 atom stereocenters. The number of anilines is 1. The predicted molar refractivity (Wildman–Crippen MR) is 77.2 cm³/mol. The van der Waals surface area contributed by atoms with Gasteiger partial charge in [0.15, 0.2) is 0 Å². The number of hydrogen-bond acceptors (Lipinski definition) is 5. The lowest BCUT2D eigenvalue weighted by Crippen LogP contribution is -2.17. The van der Waals surface area contributed by atoms with Crippen molar-refractivity contribution < 1.29 is 4.42 Å². The van der Waals surface area contributed by atoms with Crippen LogP contribution in [0.15, 0.2) is 47.3 Å². The summed E-state index contributed by atoms with van der Waals surface area (Å²) in [5, 5.41) is 15.0. The maximum absolute atomic E-state index is 5.55. The Bertz CT molecular complexity index is 734. The first kappa shape index (κ1) is 12.1. The van der Waals surface area contributed by atoms with E-state index >= 15 is 0 Å². The number of hydrogen-bond donors (Lipinski definition) is 1. The van der Waals surface area contributed by atoms with Gasteiger partial charge in [-0.15, -0.1) is 5.10 Å². The van der Waals surface area contributed by atoms with Gasteiger partial charge in [-0.05, 0) is 41.5 Å². The molecule has 1 aromatic carbocycles. The summed E-state index contributed by atoms with van der Waals surface area (Å²) >= 11 is 0. The number of rotatable bonds is 3. The lowest BCUT2D eigenvalue weighted by molar-refractivity contribution is 0.461. The average Bonchev–Trinajstić information content (AvgIpc) is 3.20. The largest absolute Gasteiger partial charge is 0.469 e. The fraction of sp³-hybridized carbons (Fsp3) is 0.267. The highest BCUT2D eigenvalue weighted by Crippen LogP contribution is 2.34. The van der Waals surface area contributed by atoms with Gasteiger partial charge in [0.05, 0.1) is 23.7 Å². The van der Waals surface area contributed by atoms with E-state index in [1.807, 2.05) is 24.3 Å². The minimum absolute atomic E-state index is 0.269. The molecule has 4 rings (SSSR count). The molecule has 0 amide bonds.